The molecular formula is C29H27N3O5S. The zero-order valence-electron chi connectivity index (χ0n) is 20.8. The van der Waals surface area contributed by atoms with Gasteiger partial charge in [-0.2, -0.15) is 0 Å². The number of anilines is 1. The third-order valence-corrected chi connectivity index (χ3v) is 7.45. The number of carbonyl (C=O) groups excluding carboxylic acids is 3. The first-order chi connectivity index (χ1) is 18.5. The zero-order chi connectivity index (χ0) is 26.5. The molecule has 3 N–H and O–H groups in total. The fourth-order valence-corrected chi connectivity index (χ4v) is 5.24. The molecule has 1 unspecified atom stereocenters. The molecule has 8 nitrogen and oxygen atoms in total. The smallest absolute Gasteiger partial charge is 0.338 e. The van der Waals surface area contributed by atoms with Crippen molar-refractivity contribution in [2.45, 2.75) is 30.4 Å². The summed E-state index contributed by atoms with van der Waals surface area (Å²) >= 11 is 1.45. The van der Waals surface area contributed by atoms with E-state index in [0.717, 1.165) is 21.8 Å². The van der Waals surface area contributed by atoms with Crippen LogP contribution < -0.4 is 20.7 Å². The predicted molar refractivity (Wildman–Crippen MR) is 145 cm³/mol. The van der Waals surface area contributed by atoms with Gasteiger partial charge in [0.05, 0.1) is 30.2 Å². The topological polar surface area (TPSA) is 106 Å². The van der Waals surface area contributed by atoms with Gasteiger partial charge in [0, 0.05) is 10.6 Å². The fraction of sp³-hybridized carbons (Fsp3) is 0.207. The standard InChI is InChI=1S/C29H27N3O5S/c1-36-21-11-7-18(8-12-21)9-13-22-26(28(34)37-16-19-5-3-2-4-6-19)27(32-29(35)31-22)20-10-14-24-23(15-20)30-25(33)17-38-24/h2-8,10-12,14-15,27H,9,13,16-17H2,1H3,(H,30,33)(H2,31,32,35). The van der Waals surface area contributed by atoms with Crippen molar-refractivity contribution in [1.29, 1.82) is 0 Å². The van der Waals surface area contributed by atoms with Crippen LogP contribution in [-0.4, -0.2) is 30.8 Å². The highest BCUT2D eigenvalue weighted by atomic mass is 32.2. The normalized spacial score (nSPS) is 16.6. The Hall–Kier alpha value is -4.24. The van der Waals surface area contributed by atoms with Crippen molar-refractivity contribution >= 4 is 35.4 Å². The lowest BCUT2D eigenvalue weighted by Crippen LogP contribution is -2.46. The minimum absolute atomic E-state index is 0.0905. The van der Waals surface area contributed by atoms with Gasteiger partial charge in [0.1, 0.15) is 12.4 Å². The molecule has 2 aliphatic rings. The van der Waals surface area contributed by atoms with Crippen LogP contribution in [0.25, 0.3) is 0 Å². The van der Waals surface area contributed by atoms with Gasteiger partial charge in [-0.05, 0) is 53.8 Å². The van der Waals surface area contributed by atoms with Crippen molar-refractivity contribution in [3.8, 4) is 5.75 Å². The number of amides is 3. The van der Waals surface area contributed by atoms with Gasteiger partial charge in [-0.3, -0.25) is 4.79 Å². The van der Waals surface area contributed by atoms with E-state index in [-0.39, 0.29) is 12.5 Å². The molecule has 0 fully saturated rings. The summed E-state index contributed by atoms with van der Waals surface area (Å²) in [6.07, 6.45) is 1.02. The monoisotopic (exact) mass is 529 g/mol. The molecule has 3 aromatic carbocycles. The van der Waals surface area contributed by atoms with Gasteiger partial charge in [0.2, 0.25) is 5.91 Å². The molecule has 194 valence electrons. The second kappa shape index (κ2) is 11.4. The average Bonchev–Trinajstić information content (AvgIpc) is 2.95. The van der Waals surface area contributed by atoms with Gasteiger partial charge >= 0.3 is 12.0 Å². The second-order valence-electron chi connectivity index (χ2n) is 8.93. The molecule has 38 heavy (non-hydrogen) atoms. The molecule has 3 aromatic rings. The summed E-state index contributed by atoms with van der Waals surface area (Å²) in [6, 6.07) is 21.5. The number of thioether (sulfide) groups is 1. The quantitative estimate of drug-likeness (QED) is 0.365. The highest BCUT2D eigenvalue weighted by Crippen LogP contribution is 2.36. The number of urea groups is 1. The molecule has 2 heterocycles. The van der Waals surface area contributed by atoms with E-state index in [1.807, 2.05) is 66.7 Å². The Morgan fingerprint density at radius 3 is 2.50 bits per heavy atom. The van der Waals surface area contributed by atoms with Crippen LogP contribution in [0.5, 0.6) is 5.75 Å². The molecule has 0 spiro atoms. The number of nitrogens with one attached hydrogen (secondary N) is 3. The molecule has 1 atom stereocenters. The summed E-state index contributed by atoms with van der Waals surface area (Å²) in [4.78, 5) is 39.2. The minimum atomic E-state index is -0.744. The van der Waals surface area contributed by atoms with Gasteiger partial charge < -0.3 is 25.4 Å². The summed E-state index contributed by atoms with van der Waals surface area (Å²) in [5, 5.41) is 8.59. The fourth-order valence-electron chi connectivity index (χ4n) is 4.45. The number of esters is 1. The molecule has 0 bridgehead atoms. The van der Waals surface area contributed by atoms with E-state index in [9.17, 15) is 14.4 Å². The van der Waals surface area contributed by atoms with Crippen LogP contribution in [0.1, 0.15) is 29.2 Å². The number of benzene rings is 3. The van der Waals surface area contributed by atoms with Crippen LogP contribution in [0.3, 0.4) is 0 Å². The van der Waals surface area contributed by atoms with E-state index in [1.54, 1.807) is 13.2 Å². The molecule has 0 aromatic heterocycles. The van der Waals surface area contributed by atoms with E-state index in [2.05, 4.69) is 16.0 Å². The maximum atomic E-state index is 13.5. The minimum Gasteiger partial charge on any atom is -0.497 e. The van der Waals surface area contributed by atoms with Crippen LogP contribution in [0.4, 0.5) is 10.5 Å². The molecule has 9 heteroatoms. The van der Waals surface area contributed by atoms with Gasteiger partial charge in [-0.25, -0.2) is 9.59 Å². The lowest BCUT2D eigenvalue weighted by Gasteiger charge is -2.30. The van der Waals surface area contributed by atoms with Crippen molar-refractivity contribution in [3.63, 3.8) is 0 Å². The first kappa shape index (κ1) is 25.4. The van der Waals surface area contributed by atoms with E-state index < -0.39 is 18.0 Å². The number of aryl methyl sites for hydroxylation is 1. The summed E-state index contributed by atoms with van der Waals surface area (Å²) in [5.74, 6) is 0.494. The van der Waals surface area contributed by atoms with Crippen molar-refractivity contribution in [2.24, 2.45) is 0 Å². The largest absolute Gasteiger partial charge is 0.497 e. The predicted octanol–water partition coefficient (Wildman–Crippen LogP) is 4.72. The van der Waals surface area contributed by atoms with Gasteiger partial charge in [-0.1, -0.05) is 48.5 Å². The summed E-state index contributed by atoms with van der Waals surface area (Å²) in [5.41, 5.74) is 4.07. The highest BCUT2D eigenvalue weighted by Gasteiger charge is 2.34. The van der Waals surface area contributed by atoms with E-state index >= 15 is 0 Å². The Morgan fingerprint density at radius 1 is 0.947 bits per heavy atom. The van der Waals surface area contributed by atoms with E-state index in [1.165, 1.54) is 11.8 Å². The number of hydrogen-bond donors (Lipinski definition) is 3. The van der Waals surface area contributed by atoms with Crippen LogP contribution in [0, 0.1) is 0 Å². The molecule has 0 saturated heterocycles. The summed E-state index contributed by atoms with van der Waals surface area (Å²) < 4.78 is 11.0. The number of carbonyl (C=O) groups is 3. The Bertz CT molecular complexity index is 1390. The lowest BCUT2D eigenvalue weighted by atomic mass is 9.92. The van der Waals surface area contributed by atoms with Crippen molar-refractivity contribution in [2.75, 3.05) is 18.2 Å². The SMILES string of the molecule is COc1ccc(CCC2=C(C(=O)OCc3ccccc3)C(c3ccc4c(c3)NC(=O)CS4)NC(=O)N2)cc1. The third kappa shape index (κ3) is 5.84. The Kier molecular flexibility index (Phi) is 7.65. The van der Waals surface area contributed by atoms with Crippen molar-refractivity contribution in [3.05, 3.63) is 101 Å². The number of ether oxygens (including phenoxy) is 2. The first-order valence-corrected chi connectivity index (χ1v) is 13.2. The summed E-state index contributed by atoms with van der Waals surface area (Å²) in [7, 11) is 1.61. The molecular weight excluding hydrogens is 502 g/mol. The number of rotatable bonds is 8. The Morgan fingerprint density at radius 2 is 1.74 bits per heavy atom. The molecule has 3 amide bonds. The van der Waals surface area contributed by atoms with E-state index in [0.29, 0.717) is 41.1 Å². The Balaban J connectivity index is 1.47. The zero-order valence-corrected chi connectivity index (χ0v) is 21.6. The van der Waals surface area contributed by atoms with Gasteiger partial charge in [0.25, 0.3) is 0 Å². The maximum Gasteiger partial charge on any atom is 0.338 e. The maximum absolute atomic E-state index is 13.5. The Labute approximate surface area is 224 Å². The van der Waals surface area contributed by atoms with Crippen LogP contribution >= 0.6 is 11.8 Å². The van der Waals surface area contributed by atoms with E-state index in [4.69, 9.17) is 9.47 Å². The molecule has 0 radical (unpaired) electrons. The number of fused-ring (bicyclic) bond motifs is 1. The number of hydrogen-bond acceptors (Lipinski definition) is 6. The molecule has 0 saturated carbocycles. The third-order valence-electron chi connectivity index (χ3n) is 6.38. The molecule has 5 rings (SSSR count). The molecule has 2 aliphatic heterocycles. The lowest BCUT2D eigenvalue weighted by molar-refractivity contribution is -0.140. The average molecular weight is 530 g/mol. The van der Waals surface area contributed by atoms with Crippen molar-refractivity contribution < 1.29 is 23.9 Å². The van der Waals surface area contributed by atoms with Crippen molar-refractivity contribution in [1.82, 2.24) is 10.6 Å². The summed E-state index contributed by atoms with van der Waals surface area (Å²) in [6.45, 7) is 0.104. The first-order valence-electron chi connectivity index (χ1n) is 12.2. The number of methoxy groups -OCH3 is 1. The van der Waals surface area contributed by atoms with Crippen LogP contribution in [-0.2, 0) is 27.4 Å². The van der Waals surface area contributed by atoms with Gasteiger partial charge in [-0.15, -0.1) is 11.8 Å². The van der Waals surface area contributed by atoms with Gasteiger partial charge in [0.15, 0.2) is 0 Å². The second-order valence-corrected chi connectivity index (χ2v) is 9.94. The van der Waals surface area contributed by atoms with Crippen LogP contribution in [0.2, 0.25) is 0 Å². The van der Waals surface area contributed by atoms with Crippen LogP contribution in [0.15, 0.2) is 89.0 Å². The highest BCUT2D eigenvalue weighted by molar-refractivity contribution is 8.00. The molecule has 0 aliphatic carbocycles. The number of allylic oxidation sites excluding steroid dienone is 1.